The molecule has 0 spiro atoms. The third-order valence-electron chi connectivity index (χ3n) is 7.43. The van der Waals surface area contributed by atoms with Crippen molar-refractivity contribution >= 4 is 23.5 Å². The van der Waals surface area contributed by atoms with Crippen LogP contribution in [0.2, 0.25) is 0 Å². The van der Waals surface area contributed by atoms with Gasteiger partial charge in [-0.1, -0.05) is 12.2 Å². The lowest BCUT2D eigenvalue weighted by Crippen LogP contribution is -2.56. The zero-order valence-corrected chi connectivity index (χ0v) is 22.0. The van der Waals surface area contributed by atoms with Crippen LogP contribution in [0.25, 0.3) is 11.9 Å². The van der Waals surface area contributed by atoms with Gasteiger partial charge in [0.15, 0.2) is 5.82 Å². The van der Waals surface area contributed by atoms with E-state index in [1.165, 1.54) is 12.1 Å². The van der Waals surface area contributed by atoms with Gasteiger partial charge in [-0.25, -0.2) is 13.5 Å². The van der Waals surface area contributed by atoms with Crippen molar-refractivity contribution in [2.75, 3.05) is 61.3 Å². The molecule has 0 amide bonds. The molecule has 3 N–H and O–H groups in total. The summed E-state index contributed by atoms with van der Waals surface area (Å²) in [5, 5.41) is 14.8. The molecule has 2 fully saturated rings. The Morgan fingerprint density at radius 2 is 1.66 bits per heavy atom. The minimum Gasteiger partial charge on any atom is -0.390 e. The topological polar surface area (TPSA) is 99.6 Å². The summed E-state index contributed by atoms with van der Waals surface area (Å²) in [5.41, 5.74) is 7.78. The van der Waals surface area contributed by atoms with E-state index in [2.05, 4.69) is 30.9 Å². The number of hydrogen-bond acceptors (Lipinski definition) is 8. The van der Waals surface area contributed by atoms with E-state index in [1.807, 2.05) is 37.8 Å². The van der Waals surface area contributed by atoms with Crippen molar-refractivity contribution in [3.8, 4) is 5.82 Å². The predicted octanol–water partition coefficient (Wildman–Crippen LogP) is 2.87. The summed E-state index contributed by atoms with van der Waals surface area (Å²) < 4.78 is 28.9. The third-order valence-corrected chi connectivity index (χ3v) is 7.43. The molecule has 2 saturated heterocycles. The second-order valence-corrected chi connectivity index (χ2v) is 10.6. The normalized spacial score (nSPS) is 17.4. The first-order chi connectivity index (χ1) is 18.1. The number of anilines is 3. The van der Waals surface area contributed by atoms with Crippen molar-refractivity contribution in [1.29, 1.82) is 0 Å². The fourth-order valence-corrected chi connectivity index (χ4v) is 4.88. The molecule has 0 atom stereocenters. The first-order valence-corrected chi connectivity index (χ1v) is 12.8. The number of nitrogens with zero attached hydrogens (tertiary/aromatic N) is 7. The summed E-state index contributed by atoms with van der Waals surface area (Å²) in [5.74, 6) is 0.569. The molecule has 202 valence electrons. The van der Waals surface area contributed by atoms with E-state index >= 15 is 0 Å². The van der Waals surface area contributed by atoms with Gasteiger partial charge in [0.05, 0.1) is 17.5 Å². The zero-order valence-electron chi connectivity index (χ0n) is 22.0. The van der Waals surface area contributed by atoms with E-state index in [4.69, 9.17) is 5.73 Å². The van der Waals surface area contributed by atoms with Gasteiger partial charge in [-0.15, -0.1) is 0 Å². The van der Waals surface area contributed by atoms with Gasteiger partial charge < -0.3 is 20.6 Å². The SMILES string of the molecule is Cc1c(/C=C/CN2CCN(c3cc(F)cc(F)c3)CC2)cnn1-c1cc(N2CC(C(C)(C)O)C2)nc(N)n1. The van der Waals surface area contributed by atoms with Gasteiger partial charge in [-0.3, -0.25) is 4.90 Å². The molecule has 2 aromatic heterocycles. The zero-order chi connectivity index (χ0) is 27.0. The van der Waals surface area contributed by atoms with Crippen molar-refractivity contribution in [2.45, 2.75) is 26.4 Å². The van der Waals surface area contributed by atoms with E-state index in [9.17, 15) is 13.9 Å². The number of nitrogen functional groups attached to an aromatic ring is 1. The van der Waals surface area contributed by atoms with Gasteiger partial charge in [0, 0.05) is 75.1 Å². The molecule has 0 saturated carbocycles. The number of rotatable bonds is 7. The Hall–Kier alpha value is -3.57. The number of benzene rings is 1. The lowest BCUT2D eigenvalue weighted by atomic mass is 9.84. The summed E-state index contributed by atoms with van der Waals surface area (Å²) in [6.45, 7) is 10.8. The molecule has 0 radical (unpaired) electrons. The van der Waals surface area contributed by atoms with Gasteiger partial charge in [-0.2, -0.15) is 15.1 Å². The molecule has 11 heteroatoms. The van der Waals surface area contributed by atoms with Crippen LogP contribution < -0.4 is 15.5 Å². The molecule has 38 heavy (non-hydrogen) atoms. The van der Waals surface area contributed by atoms with Crippen molar-refractivity contribution in [3.05, 3.63) is 59.4 Å². The van der Waals surface area contributed by atoms with Crippen molar-refractivity contribution in [3.63, 3.8) is 0 Å². The van der Waals surface area contributed by atoms with Crippen LogP contribution in [0.4, 0.5) is 26.2 Å². The van der Waals surface area contributed by atoms with Crippen LogP contribution in [0.15, 0.2) is 36.5 Å². The van der Waals surface area contributed by atoms with Crippen LogP contribution in [0.5, 0.6) is 0 Å². The van der Waals surface area contributed by atoms with Gasteiger partial charge in [0.2, 0.25) is 5.95 Å². The van der Waals surface area contributed by atoms with Gasteiger partial charge in [0.25, 0.3) is 0 Å². The molecule has 3 aromatic rings. The highest BCUT2D eigenvalue weighted by molar-refractivity contribution is 5.55. The maximum Gasteiger partial charge on any atom is 0.224 e. The fourth-order valence-electron chi connectivity index (χ4n) is 4.88. The molecule has 4 heterocycles. The van der Waals surface area contributed by atoms with E-state index in [0.29, 0.717) is 37.7 Å². The Kier molecular flexibility index (Phi) is 7.06. The number of aliphatic hydroxyl groups is 1. The van der Waals surface area contributed by atoms with Crippen LogP contribution in [-0.2, 0) is 0 Å². The number of piperazine rings is 1. The molecule has 1 aromatic carbocycles. The first-order valence-electron chi connectivity index (χ1n) is 12.8. The van der Waals surface area contributed by atoms with Crippen LogP contribution in [0, 0.1) is 24.5 Å². The minimum absolute atomic E-state index is 0.177. The van der Waals surface area contributed by atoms with E-state index in [-0.39, 0.29) is 11.9 Å². The van der Waals surface area contributed by atoms with Gasteiger partial charge in [0.1, 0.15) is 17.5 Å². The van der Waals surface area contributed by atoms with E-state index < -0.39 is 17.2 Å². The summed E-state index contributed by atoms with van der Waals surface area (Å²) in [6, 6.07) is 5.52. The van der Waals surface area contributed by atoms with E-state index in [1.54, 1.807) is 10.9 Å². The average molecular weight is 525 g/mol. The van der Waals surface area contributed by atoms with Gasteiger partial charge >= 0.3 is 0 Å². The van der Waals surface area contributed by atoms with E-state index in [0.717, 1.165) is 42.8 Å². The maximum absolute atomic E-state index is 13.6. The second-order valence-electron chi connectivity index (χ2n) is 10.6. The largest absolute Gasteiger partial charge is 0.390 e. The van der Waals surface area contributed by atoms with Crippen molar-refractivity contribution < 1.29 is 13.9 Å². The summed E-state index contributed by atoms with van der Waals surface area (Å²) >= 11 is 0. The predicted molar refractivity (Wildman–Crippen MR) is 144 cm³/mol. The molecule has 0 bridgehead atoms. The molecule has 9 nitrogen and oxygen atoms in total. The first kappa shape index (κ1) is 26.1. The Balaban J connectivity index is 1.19. The number of aromatic nitrogens is 4. The average Bonchev–Trinajstić information content (AvgIpc) is 3.17. The quantitative estimate of drug-likeness (QED) is 0.487. The fraction of sp³-hybridized carbons (Fsp3) is 0.444. The Morgan fingerprint density at radius 1 is 1.00 bits per heavy atom. The number of halogens is 2. The number of hydrogen-bond donors (Lipinski definition) is 2. The van der Waals surface area contributed by atoms with Crippen LogP contribution >= 0.6 is 0 Å². The molecular formula is C27H34F2N8O. The minimum atomic E-state index is -0.730. The Labute approximate surface area is 221 Å². The molecular weight excluding hydrogens is 490 g/mol. The summed E-state index contributed by atoms with van der Waals surface area (Å²) in [4.78, 5) is 15.2. The monoisotopic (exact) mass is 524 g/mol. The lowest BCUT2D eigenvalue weighted by molar-refractivity contribution is 0.00439. The highest BCUT2D eigenvalue weighted by atomic mass is 19.1. The third kappa shape index (κ3) is 5.63. The Bertz CT molecular complexity index is 1300. The summed E-state index contributed by atoms with van der Waals surface area (Å²) in [7, 11) is 0. The molecule has 0 unspecified atom stereocenters. The molecule has 2 aliphatic rings. The van der Waals surface area contributed by atoms with Crippen LogP contribution in [0.1, 0.15) is 25.1 Å². The molecule has 2 aliphatic heterocycles. The number of nitrogens with two attached hydrogens (primary N) is 1. The van der Waals surface area contributed by atoms with Crippen LogP contribution in [0.3, 0.4) is 0 Å². The van der Waals surface area contributed by atoms with Crippen molar-refractivity contribution in [1.82, 2.24) is 24.6 Å². The summed E-state index contributed by atoms with van der Waals surface area (Å²) in [6.07, 6.45) is 5.94. The lowest BCUT2D eigenvalue weighted by Gasteiger charge is -2.45. The second kappa shape index (κ2) is 10.3. The van der Waals surface area contributed by atoms with Crippen molar-refractivity contribution in [2.24, 2.45) is 5.92 Å². The standard InChI is InChI=1S/C27H34F2N8O/c1-18-19(5-4-6-34-7-9-35(10-8-34)23-12-21(28)11-22(29)13-23)15-31-37(18)25-14-24(32-26(30)33-25)36-16-20(17-36)27(2,3)38/h4-5,11-15,20,38H,6-10,16-17H2,1-3H3,(H2,30,32,33)/b5-4+. The highest BCUT2D eigenvalue weighted by Gasteiger charge is 2.38. The smallest absolute Gasteiger partial charge is 0.224 e. The highest BCUT2D eigenvalue weighted by Crippen LogP contribution is 2.31. The molecule has 5 rings (SSSR count). The van der Waals surface area contributed by atoms with Gasteiger partial charge in [-0.05, 0) is 32.9 Å². The van der Waals surface area contributed by atoms with Crippen LogP contribution in [-0.4, -0.2) is 81.2 Å². The molecule has 0 aliphatic carbocycles. The maximum atomic E-state index is 13.6. The Morgan fingerprint density at radius 3 is 2.32 bits per heavy atom.